The third kappa shape index (κ3) is 2.56. The lowest BCUT2D eigenvalue weighted by molar-refractivity contribution is -0.150. The fourth-order valence-corrected chi connectivity index (χ4v) is 3.67. The summed E-state index contributed by atoms with van der Waals surface area (Å²) in [6, 6.07) is 14.9. The Kier molecular flexibility index (Phi) is 4.55. The molecule has 2 aromatic carbocycles. The summed E-state index contributed by atoms with van der Waals surface area (Å²) >= 11 is 0. The minimum atomic E-state index is -1.50. The third-order valence-electron chi connectivity index (χ3n) is 4.96. The quantitative estimate of drug-likeness (QED) is 0.818. The van der Waals surface area contributed by atoms with Crippen molar-refractivity contribution in [1.29, 1.82) is 0 Å². The van der Waals surface area contributed by atoms with E-state index in [1.54, 1.807) is 0 Å². The summed E-state index contributed by atoms with van der Waals surface area (Å²) in [5.74, 6) is -1.11. The van der Waals surface area contributed by atoms with Crippen molar-refractivity contribution in [2.75, 3.05) is 7.11 Å². The average Bonchev–Trinajstić information content (AvgIpc) is 2.97. The van der Waals surface area contributed by atoms with Crippen LogP contribution in [0.2, 0.25) is 0 Å². The Morgan fingerprint density at radius 2 is 1.65 bits per heavy atom. The molecule has 5 nitrogen and oxygen atoms in total. The summed E-state index contributed by atoms with van der Waals surface area (Å²) < 4.78 is 4.99. The zero-order chi connectivity index (χ0) is 18.9. The predicted molar refractivity (Wildman–Crippen MR) is 98.8 cm³/mol. The molecule has 0 aromatic heterocycles. The van der Waals surface area contributed by atoms with Crippen LogP contribution in [0.3, 0.4) is 0 Å². The lowest BCUT2D eigenvalue weighted by Crippen LogP contribution is -2.56. The number of rotatable bonds is 5. The highest BCUT2D eigenvalue weighted by Gasteiger charge is 2.49. The van der Waals surface area contributed by atoms with Crippen LogP contribution in [0.4, 0.5) is 4.79 Å². The Morgan fingerprint density at radius 3 is 2.08 bits per heavy atom. The summed E-state index contributed by atoms with van der Waals surface area (Å²) in [6.07, 6.45) is 0.919. The number of carbonyl (C=O) groups is 2. The number of amides is 1. The number of hydrogen-bond donors (Lipinski definition) is 1. The smallest absolute Gasteiger partial charge is 0.411 e. The van der Waals surface area contributed by atoms with Gasteiger partial charge in [-0.1, -0.05) is 54.6 Å². The van der Waals surface area contributed by atoms with Crippen LogP contribution in [0, 0.1) is 0 Å². The van der Waals surface area contributed by atoms with E-state index < -0.39 is 23.6 Å². The first kappa shape index (κ1) is 17.7. The van der Waals surface area contributed by atoms with Gasteiger partial charge in [-0.25, -0.2) is 9.59 Å². The Morgan fingerprint density at radius 1 is 1.15 bits per heavy atom. The number of fused-ring (bicyclic) bond motifs is 3. The Labute approximate surface area is 152 Å². The zero-order valence-electron chi connectivity index (χ0n) is 14.8. The summed E-state index contributed by atoms with van der Waals surface area (Å²) in [4.78, 5) is 26.2. The van der Waals surface area contributed by atoms with Crippen LogP contribution >= 0.6 is 0 Å². The maximum absolute atomic E-state index is 12.8. The number of aliphatic carboxylic acids is 1. The predicted octanol–water partition coefficient (Wildman–Crippen LogP) is 4.24. The molecule has 0 bridgehead atoms. The van der Waals surface area contributed by atoms with Gasteiger partial charge in [-0.05, 0) is 35.6 Å². The highest BCUT2D eigenvalue weighted by molar-refractivity contribution is 5.87. The van der Waals surface area contributed by atoms with E-state index >= 15 is 0 Å². The molecule has 1 amide bonds. The van der Waals surface area contributed by atoms with Crippen LogP contribution in [0.25, 0.3) is 11.1 Å². The first-order valence-corrected chi connectivity index (χ1v) is 8.35. The van der Waals surface area contributed by atoms with Crippen molar-refractivity contribution >= 4 is 12.1 Å². The molecule has 1 N–H and O–H groups in total. The second kappa shape index (κ2) is 6.67. The van der Waals surface area contributed by atoms with E-state index in [9.17, 15) is 14.7 Å². The largest absolute Gasteiger partial charge is 0.479 e. The van der Waals surface area contributed by atoms with E-state index in [0.717, 1.165) is 22.3 Å². The van der Waals surface area contributed by atoms with E-state index in [0.29, 0.717) is 0 Å². The molecule has 0 unspecified atom stereocenters. The van der Waals surface area contributed by atoms with Crippen LogP contribution in [0.1, 0.15) is 30.5 Å². The van der Waals surface area contributed by atoms with E-state index in [1.807, 2.05) is 48.5 Å². The first-order chi connectivity index (χ1) is 12.5. The van der Waals surface area contributed by atoms with Crippen LogP contribution in [0.5, 0.6) is 0 Å². The molecule has 0 saturated carbocycles. The molecule has 0 saturated heterocycles. The van der Waals surface area contributed by atoms with Gasteiger partial charge in [0.15, 0.2) is 0 Å². The molecule has 1 aliphatic carbocycles. The molecule has 0 radical (unpaired) electrons. The van der Waals surface area contributed by atoms with Crippen molar-refractivity contribution in [3.05, 3.63) is 72.3 Å². The lowest BCUT2D eigenvalue weighted by Gasteiger charge is -2.41. The maximum atomic E-state index is 12.8. The number of benzene rings is 2. The molecule has 0 spiro atoms. The van der Waals surface area contributed by atoms with Crippen molar-refractivity contribution < 1.29 is 19.4 Å². The molecular formula is C21H21NO4. The molecule has 3 rings (SSSR count). The summed E-state index contributed by atoms with van der Waals surface area (Å²) in [7, 11) is 1.26. The van der Waals surface area contributed by atoms with Crippen LogP contribution in [0.15, 0.2) is 61.2 Å². The van der Waals surface area contributed by atoms with E-state index in [2.05, 4.69) is 6.58 Å². The molecular weight excluding hydrogens is 330 g/mol. The average molecular weight is 351 g/mol. The van der Waals surface area contributed by atoms with Gasteiger partial charge in [0.1, 0.15) is 5.54 Å². The second-order valence-corrected chi connectivity index (χ2v) is 6.49. The zero-order valence-corrected chi connectivity index (χ0v) is 14.8. The molecule has 26 heavy (non-hydrogen) atoms. The summed E-state index contributed by atoms with van der Waals surface area (Å²) in [5.41, 5.74) is 2.26. The van der Waals surface area contributed by atoms with Crippen LogP contribution in [-0.4, -0.2) is 34.7 Å². The number of ether oxygens (including phenoxy) is 1. The van der Waals surface area contributed by atoms with E-state index in [-0.39, 0.29) is 6.42 Å². The first-order valence-electron chi connectivity index (χ1n) is 8.35. The molecule has 0 aliphatic heterocycles. The minimum absolute atomic E-state index is 0.0955. The number of carboxylic acids is 1. The number of nitrogens with zero attached hydrogens (tertiary/aromatic N) is 1. The Balaban J connectivity index is 2.27. The molecule has 2 aromatic rings. The standard InChI is InChI=1S/C21H21NO4/c1-4-13-21(2,19(23)24)22(20(25)26-3)18-16-11-7-5-9-14(16)15-10-6-8-12-17(15)18/h4-12,18H,1,13H2,2-3H3,(H,23,24)/t21-/m1/s1. The van der Waals surface area contributed by atoms with Gasteiger partial charge in [0, 0.05) is 0 Å². The van der Waals surface area contributed by atoms with Gasteiger partial charge in [0.2, 0.25) is 0 Å². The van der Waals surface area contributed by atoms with Crippen molar-refractivity contribution in [1.82, 2.24) is 4.90 Å². The second-order valence-electron chi connectivity index (χ2n) is 6.49. The number of hydrogen-bond acceptors (Lipinski definition) is 3. The monoisotopic (exact) mass is 351 g/mol. The van der Waals surface area contributed by atoms with Gasteiger partial charge in [-0.15, -0.1) is 6.58 Å². The van der Waals surface area contributed by atoms with Crippen LogP contribution in [-0.2, 0) is 9.53 Å². The van der Waals surface area contributed by atoms with Gasteiger partial charge >= 0.3 is 12.1 Å². The van der Waals surface area contributed by atoms with Gasteiger partial charge < -0.3 is 9.84 Å². The highest BCUT2D eigenvalue weighted by Crippen LogP contribution is 2.48. The molecule has 5 heteroatoms. The number of carboxylic acid groups (broad SMARTS) is 1. The fraction of sp³-hybridized carbons (Fsp3) is 0.238. The normalized spacial score (nSPS) is 14.7. The third-order valence-corrected chi connectivity index (χ3v) is 4.96. The molecule has 134 valence electrons. The van der Waals surface area contributed by atoms with Crippen molar-refractivity contribution in [3.63, 3.8) is 0 Å². The highest BCUT2D eigenvalue weighted by atomic mass is 16.5. The lowest BCUT2D eigenvalue weighted by atomic mass is 9.91. The number of methoxy groups -OCH3 is 1. The topological polar surface area (TPSA) is 66.8 Å². The van der Waals surface area contributed by atoms with E-state index in [1.165, 1.54) is 25.0 Å². The number of carbonyl (C=O) groups excluding carboxylic acids is 1. The fourth-order valence-electron chi connectivity index (χ4n) is 3.67. The van der Waals surface area contributed by atoms with Gasteiger partial charge in [-0.3, -0.25) is 4.90 Å². The maximum Gasteiger partial charge on any atom is 0.411 e. The Hall–Kier alpha value is -3.08. The SMILES string of the molecule is C=CC[C@](C)(C(=O)O)N(C(=O)OC)C1c2ccccc2-c2ccccc21. The molecule has 1 aliphatic rings. The molecule has 0 heterocycles. The van der Waals surface area contributed by atoms with Crippen molar-refractivity contribution in [3.8, 4) is 11.1 Å². The van der Waals surface area contributed by atoms with Crippen LogP contribution < -0.4 is 0 Å². The molecule has 0 fully saturated rings. The van der Waals surface area contributed by atoms with Gasteiger partial charge in [0.05, 0.1) is 13.2 Å². The van der Waals surface area contributed by atoms with Gasteiger partial charge in [0.25, 0.3) is 0 Å². The minimum Gasteiger partial charge on any atom is -0.479 e. The van der Waals surface area contributed by atoms with Gasteiger partial charge in [-0.2, -0.15) is 0 Å². The Bertz CT molecular complexity index is 830. The molecule has 1 atom stereocenters. The van der Waals surface area contributed by atoms with Crippen molar-refractivity contribution in [2.45, 2.75) is 24.9 Å². The van der Waals surface area contributed by atoms with Crippen molar-refractivity contribution in [2.24, 2.45) is 0 Å². The summed E-state index contributed by atoms with van der Waals surface area (Å²) in [6.45, 7) is 5.19. The summed E-state index contributed by atoms with van der Waals surface area (Å²) in [5, 5.41) is 9.94. The van der Waals surface area contributed by atoms with E-state index in [4.69, 9.17) is 4.74 Å².